The van der Waals surface area contributed by atoms with Crippen molar-refractivity contribution in [2.75, 3.05) is 27.1 Å². The number of hydrogen-bond donors (Lipinski definition) is 2. The molecule has 0 radical (unpaired) electrons. The Kier molecular flexibility index (Phi) is 7.80. The molecule has 1 aromatic rings. The number of carbonyl (C=O) groups is 1. The molecule has 1 aromatic heterocycles. The highest BCUT2D eigenvalue weighted by Crippen LogP contribution is 1.92. The molecule has 0 aromatic carbocycles. The second-order valence-corrected chi connectivity index (χ2v) is 5.79. The molecule has 0 saturated carbocycles. The van der Waals surface area contributed by atoms with Gasteiger partial charge in [-0.25, -0.2) is 4.21 Å². The maximum atomic E-state index is 10.8. The van der Waals surface area contributed by atoms with Crippen LogP contribution in [0.1, 0.15) is 5.76 Å². The van der Waals surface area contributed by atoms with Crippen LogP contribution in [-0.4, -0.2) is 48.2 Å². The largest absolute Gasteiger partial charge is 0.381 e. The van der Waals surface area contributed by atoms with Gasteiger partial charge in [0.1, 0.15) is 13.2 Å². The standard InChI is InChI=1S/C5H11NO3S.C5H7NO3/c1-9-4-5(7)6-10(2,3)8;1-8-3-4-2-5(7)6-9-4/h2,4H2,1,3H3,(H,6,7,8);2H,3H2,1H3,(H,6,7). The van der Waals surface area contributed by atoms with E-state index >= 15 is 0 Å². The zero-order chi connectivity index (χ0) is 14.9. The smallest absolute Gasteiger partial charge is 0.280 e. The maximum absolute atomic E-state index is 10.8. The van der Waals surface area contributed by atoms with Gasteiger partial charge < -0.3 is 14.0 Å². The van der Waals surface area contributed by atoms with Crippen LogP contribution in [0.5, 0.6) is 0 Å². The van der Waals surface area contributed by atoms with Crippen molar-refractivity contribution in [2.24, 2.45) is 0 Å². The zero-order valence-corrected chi connectivity index (χ0v) is 11.9. The third kappa shape index (κ3) is 10.1. The number of rotatable bonds is 5. The lowest BCUT2D eigenvalue weighted by molar-refractivity contribution is -0.122. The quantitative estimate of drug-likeness (QED) is 0.683. The molecular formula is C10H18N2O6S. The first-order chi connectivity index (χ1) is 8.78. The fourth-order valence-corrected chi connectivity index (χ4v) is 1.48. The van der Waals surface area contributed by atoms with Crippen molar-refractivity contribution >= 4 is 21.5 Å². The van der Waals surface area contributed by atoms with E-state index in [1.54, 1.807) is 0 Å². The summed E-state index contributed by atoms with van der Waals surface area (Å²) >= 11 is 0. The first-order valence-corrected chi connectivity index (χ1v) is 7.20. The molecule has 0 aliphatic carbocycles. The van der Waals surface area contributed by atoms with E-state index in [1.165, 1.54) is 26.5 Å². The van der Waals surface area contributed by atoms with Gasteiger partial charge in [-0.2, -0.15) is 5.16 Å². The van der Waals surface area contributed by atoms with E-state index in [0.717, 1.165) is 0 Å². The second kappa shape index (κ2) is 8.51. The summed E-state index contributed by atoms with van der Waals surface area (Å²) in [7, 11) is 0.499. The Balaban J connectivity index is 0.000000342. The lowest BCUT2D eigenvalue weighted by atomic mass is 10.5. The number of aromatic nitrogens is 1. The van der Waals surface area contributed by atoms with Crippen LogP contribution in [0, 0.1) is 0 Å². The molecule has 1 rings (SSSR count). The van der Waals surface area contributed by atoms with Crippen LogP contribution in [0.15, 0.2) is 15.4 Å². The summed E-state index contributed by atoms with van der Waals surface area (Å²) in [6, 6.07) is 1.35. The van der Waals surface area contributed by atoms with Gasteiger partial charge in [0.05, 0.1) is 0 Å². The van der Waals surface area contributed by atoms with Crippen LogP contribution in [0.3, 0.4) is 0 Å². The number of carbonyl (C=O) groups excluding carboxylic acids is 1. The Labute approximate surface area is 111 Å². The Morgan fingerprint density at radius 1 is 1.53 bits per heavy atom. The number of nitrogens with one attached hydrogen (secondary N) is 2. The Morgan fingerprint density at radius 3 is 2.53 bits per heavy atom. The van der Waals surface area contributed by atoms with Crippen LogP contribution >= 0.6 is 0 Å². The molecule has 8 nitrogen and oxygen atoms in total. The van der Waals surface area contributed by atoms with Crippen molar-refractivity contribution in [1.82, 2.24) is 9.88 Å². The molecule has 110 valence electrons. The first-order valence-electron chi connectivity index (χ1n) is 5.06. The summed E-state index contributed by atoms with van der Waals surface area (Å²) in [6.07, 6.45) is 1.35. The molecular weight excluding hydrogens is 276 g/mol. The topological polar surface area (TPSA) is 111 Å². The van der Waals surface area contributed by atoms with Crippen LogP contribution < -0.4 is 10.3 Å². The minimum Gasteiger partial charge on any atom is -0.381 e. The first kappa shape index (κ1) is 17.4. The molecule has 0 aliphatic heterocycles. The van der Waals surface area contributed by atoms with Gasteiger partial charge in [-0.1, -0.05) is 0 Å². The van der Waals surface area contributed by atoms with Gasteiger partial charge in [0.15, 0.2) is 5.76 Å². The fraction of sp³-hybridized carbons (Fsp3) is 0.500. The summed E-state index contributed by atoms with van der Waals surface area (Å²) in [6.45, 7) is 0.249. The summed E-state index contributed by atoms with van der Waals surface area (Å²) in [5.74, 6) is 3.34. The molecule has 19 heavy (non-hydrogen) atoms. The lowest BCUT2D eigenvalue weighted by Gasteiger charge is -2.03. The molecule has 0 bridgehead atoms. The van der Waals surface area contributed by atoms with Crippen molar-refractivity contribution in [3.8, 4) is 0 Å². The van der Waals surface area contributed by atoms with Gasteiger partial charge in [0, 0.05) is 36.2 Å². The predicted octanol–water partition coefficient (Wildman–Crippen LogP) is -0.875. The number of amides is 1. The fourth-order valence-electron chi connectivity index (χ4n) is 0.936. The van der Waals surface area contributed by atoms with Crippen molar-refractivity contribution in [3.63, 3.8) is 0 Å². The summed E-state index contributed by atoms with van der Waals surface area (Å²) in [5.41, 5.74) is -0.234. The molecule has 1 unspecified atom stereocenters. The minimum atomic E-state index is -2.43. The molecule has 0 saturated heterocycles. The molecule has 0 spiro atoms. The highest BCUT2D eigenvalue weighted by atomic mass is 32.2. The minimum absolute atomic E-state index is 0.0830. The predicted molar refractivity (Wildman–Crippen MR) is 71.2 cm³/mol. The van der Waals surface area contributed by atoms with Crippen molar-refractivity contribution in [3.05, 3.63) is 22.2 Å². The van der Waals surface area contributed by atoms with E-state index in [2.05, 4.69) is 29.7 Å². The summed E-state index contributed by atoms with van der Waals surface area (Å²) in [5, 5.41) is 2.14. The van der Waals surface area contributed by atoms with Crippen molar-refractivity contribution in [1.29, 1.82) is 0 Å². The van der Waals surface area contributed by atoms with Crippen LogP contribution in [0.25, 0.3) is 0 Å². The highest BCUT2D eigenvalue weighted by molar-refractivity contribution is 7.98. The molecule has 0 fully saturated rings. The normalized spacial score (nSPS) is 13.0. The molecule has 1 amide bonds. The number of methoxy groups -OCH3 is 2. The average molecular weight is 294 g/mol. The molecule has 0 aliphatic rings. The Bertz CT molecular complexity index is 530. The number of hydrogen-bond acceptors (Lipinski definition) is 6. The number of ether oxygens (including phenoxy) is 2. The highest BCUT2D eigenvalue weighted by Gasteiger charge is 2.01. The molecule has 9 heteroatoms. The summed E-state index contributed by atoms with van der Waals surface area (Å²) in [4.78, 5) is 21.0. The Morgan fingerprint density at radius 2 is 2.16 bits per heavy atom. The molecule has 1 atom stereocenters. The van der Waals surface area contributed by atoms with E-state index < -0.39 is 15.6 Å². The second-order valence-electron chi connectivity index (χ2n) is 3.58. The monoisotopic (exact) mass is 294 g/mol. The van der Waals surface area contributed by atoms with Crippen LogP contribution in [0.2, 0.25) is 0 Å². The van der Waals surface area contributed by atoms with Gasteiger partial charge in [-0.3, -0.25) is 14.3 Å². The number of H-pyrrole nitrogens is 1. The van der Waals surface area contributed by atoms with E-state index in [-0.39, 0.29) is 12.2 Å². The lowest BCUT2D eigenvalue weighted by Crippen LogP contribution is -2.31. The van der Waals surface area contributed by atoms with E-state index in [1.807, 2.05) is 0 Å². The van der Waals surface area contributed by atoms with Gasteiger partial charge >= 0.3 is 0 Å². The van der Waals surface area contributed by atoms with Gasteiger partial charge in [0.2, 0.25) is 0 Å². The van der Waals surface area contributed by atoms with Crippen LogP contribution in [-0.2, 0) is 30.6 Å². The molecule has 2 N–H and O–H groups in total. The van der Waals surface area contributed by atoms with E-state index in [4.69, 9.17) is 0 Å². The third-order valence-corrected chi connectivity index (χ3v) is 2.13. The van der Waals surface area contributed by atoms with Gasteiger partial charge in [-0.05, 0) is 5.87 Å². The van der Waals surface area contributed by atoms with E-state index in [9.17, 15) is 13.8 Å². The Hall–Kier alpha value is -1.58. The van der Waals surface area contributed by atoms with E-state index in [0.29, 0.717) is 12.4 Å². The maximum Gasteiger partial charge on any atom is 0.280 e. The summed E-state index contributed by atoms with van der Waals surface area (Å²) < 4.78 is 26.8. The molecule has 1 heterocycles. The third-order valence-electron chi connectivity index (χ3n) is 1.47. The number of aromatic amines is 1. The van der Waals surface area contributed by atoms with Gasteiger partial charge in [0.25, 0.3) is 11.5 Å². The van der Waals surface area contributed by atoms with Gasteiger partial charge in [-0.15, -0.1) is 0 Å². The average Bonchev–Trinajstić information content (AvgIpc) is 2.63. The van der Waals surface area contributed by atoms with Crippen molar-refractivity contribution < 1.29 is 23.0 Å². The zero-order valence-electron chi connectivity index (χ0n) is 11.1. The SMILES string of the molecule is C=S(C)(=O)NC(=O)COC.COCc1cc(=O)[nH]o1. The van der Waals surface area contributed by atoms with Crippen molar-refractivity contribution in [2.45, 2.75) is 6.61 Å². The van der Waals surface area contributed by atoms with Crippen LogP contribution in [0.4, 0.5) is 0 Å².